The predicted molar refractivity (Wildman–Crippen MR) is 127 cm³/mol. The number of pyridine rings is 1. The van der Waals surface area contributed by atoms with E-state index in [1.165, 1.54) is 28.9 Å². The number of benzene rings is 1. The highest BCUT2D eigenvalue weighted by Crippen LogP contribution is 2.23. The molecule has 1 aromatic carbocycles. The predicted octanol–water partition coefficient (Wildman–Crippen LogP) is 2.55. The molecule has 2 N–H and O–H groups in total. The fourth-order valence-electron chi connectivity index (χ4n) is 4.24. The van der Waals surface area contributed by atoms with Crippen LogP contribution in [0.2, 0.25) is 0 Å². The molecule has 2 aromatic rings. The number of rotatable bonds is 9. The lowest BCUT2D eigenvalue weighted by molar-refractivity contribution is 0.0912. The maximum absolute atomic E-state index is 13.1. The lowest BCUT2D eigenvalue weighted by Gasteiger charge is -2.32. The number of hydrogen-bond donors (Lipinski definition) is 2. The number of H-pyrrole nitrogens is 1. The SMILES string of the molecule is CCCCN1CCC(NC(=O)c2cc(=O)[nH]c3ccc(S(=O)(=O)N(CC)CC)cc23)CC1. The molecule has 0 radical (unpaired) electrons. The van der Waals surface area contributed by atoms with Crippen molar-refractivity contribution < 1.29 is 13.2 Å². The zero-order valence-electron chi connectivity index (χ0n) is 19.2. The van der Waals surface area contributed by atoms with Crippen LogP contribution in [-0.4, -0.2) is 67.3 Å². The van der Waals surface area contributed by atoms with Crippen LogP contribution in [0.3, 0.4) is 0 Å². The highest BCUT2D eigenvalue weighted by molar-refractivity contribution is 7.89. The molecule has 3 rings (SSSR count). The fraction of sp³-hybridized carbons (Fsp3) is 0.565. The summed E-state index contributed by atoms with van der Waals surface area (Å²) >= 11 is 0. The molecular weight excluding hydrogens is 428 g/mol. The van der Waals surface area contributed by atoms with Crippen LogP contribution in [0, 0.1) is 0 Å². The molecule has 0 atom stereocenters. The molecule has 0 spiro atoms. The summed E-state index contributed by atoms with van der Waals surface area (Å²) in [4.78, 5) is 30.5. The summed E-state index contributed by atoms with van der Waals surface area (Å²) in [5.41, 5.74) is 0.251. The number of nitrogens with one attached hydrogen (secondary N) is 2. The molecule has 0 bridgehead atoms. The van der Waals surface area contributed by atoms with E-state index in [-0.39, 0.29) is 22.4 Å². The molecule has 1 aliphatic heterocycles. The largest absolute Gasteiger partial charge is 0.349 e. The van der Waals surface area contributed by atoms with Crippen LogP contribution in [0.1, 0.15) is 56.8 Å². The van der Waals surface area contributed by atoms with Gasteiger partial charge in [-0.2, -0.15) is 4.31 Å². The van der Waals surface area contributed by atoms with Gasteiger partial charge in [0.1, 0.15) is 0 Å². The topological polar surface area (TPSA) is 103 Å². The van der Waals surface area contributed by atoms with Crippen LogP contribution in [0.25, 0.3) is 10.9 Å². The van der Waals surface area contributed by atoms with Gasteiger partial charge in [-0.15, -0.1) is 0 Å². The van der Waals surface area contributed by atoms with E-state index in [1.807, 2.05) is 0 Å². The number of hydrogen-bond acceptors (Lipinski definition) is 5. The summed E-state index contributed by atoms with van der Waals surface area (Å²) in [6.07, 6.45) is 4.06. The van der Waals surface area contributed by atoms with Crippen LogP contribution in [-0.2, 0) is 10.0 Å². The van der Waals surface area contributed by atoms with Crippen molar-refractivity contribution in [3.05, 3.63) is 40.2 Å². The molecule has 0 unspecified atom stereocenters. The van der Waals surface area contributed by atoms with Gasteiger partial charge in [-0.1, -0.05) is 27.2 Å². The van der Waals surface area contributed by atoms with Gasteiger partial charge >= 0.3 is 0 Å². The number of carbonyl (C=O) groups excluding carboxylic acids is 1. The minimum atomic E-state index is -3.68. The van der Waals surface area contributed by atoms with E-state index < -0.39 is 15.6 Å². The van der Waals surface area contributed by atoms with Crippen molar-refractivity contribution in [3.63, 3.8) is 0 Å². The van der Waals surface area contributed by atoms with Gasteiger partial charge in [0.05, 0.1) is 10.5 Å². The number of sulfonamides is 1. The number of piperidine rings is 1. The van der Waals surface area contributed by atoms with Crippen LogP contribution in [0.15, 0.2) is 34.0 Å². The molecule has 1 amide bonds. The lowest BCUT2D eigenvalue weighted by Crippen LogP contribution is -2.45. The molecule has 0 saturated carbocycles. The first kappa shape index (κ1) is 24.4. The maximum Gasteiger partial charge on any atom is 0.252 e. The van der Waals surface area contributed by atoms with Gasteiger partial charge in [0.25, 0.3) is 5.91 Å². The average Bonchev–Trinajstić information content (AvgIpc) is 2.78. The Morgan fingerprint density at radius 3 is 2.47 bits per heavy atom. The first-order valence-electron chi connectivity index (χ1n) is 11.5. The highest BCUT2D eigenvalue weighted by atomic mass is 32.2. The number of carbonyl (C=O) groups is 1. The first-order valence-corrected chi connectivity index (χ1v) is 12.9. The Morgan fingerprint density at radius 2 is 1.84 bits per heavy atom. The Morgan fingerprint density at radius 1 is 1.16 bits per heavy atom. The Balaban J connectivity index is 1.86. The Bertz CT molecular complexity index is 1100. The van der Waals surface area contributed by atoms with Crippen molar-refractivity contribution >= 4 is 26.8 Å². The van der Waals surface area contributed by atoms with Crippen molar-refractivity contribution in [2.24, 2.45) is 0 Å². The van der Waals surface area contributed by atoms with Gasteiger partial charge in [0.2, 0.25) is 15.6 Å². The number of fused-ring (bicyclic) bond motifs is 1. The molecular formula is C23H34N4O4S. The smallest absolute Gasteiger partial charge is 0.252 e. The number of likely N-dealkylation sites (tertiary alicyclic amines) is 1. The second-order valence-electron chi connectivity index (χ2n) is 8.29. The van der Waals surface area contributed by atoms with E-state index in [0.29, 0.717) is 24.0 Å². The second kappa shape index (κ2) is 10.6. The van der Waals surface area contributed by atoms with E-state index in [9.17, 15) is 18.0 Å². The van der Waals surface area contributed by atoms with Crippen LogP contribution < -0.4 is 10.9 Å². The number of unbranched alkanes of at least 4 members (excludes halogenated alkanes) is 1. The second-order valence-corrected chi connectivity index (χ2v) is 10.2. The van der Waals surface area contributed by atoms with Crippen LogP contribution >= 0.6 is 0 Å². The van der Waals surface area contributed by atoms with Gasteiger partial charge < -0.3 is 15.2 Å². The molecule has 0 aliphatic carbocycles. The standard InChI is InChI=1S/C23H34N4O4S/c1-4-7-12-26-13-10-17(11-14-26)24-23(29)20-16-22(28)25-21-9-8-18(15-19(20)21)32(30,31)27(5-2)6-3/h8-9,15-17H,4-7,10-14H2,1-3H3,(H,24,29)(H,25,28). The molecule has 1 saturated heterocycles. The Labute approximate surface area is 190 Å². The monoisotopic (exact) mass is 462 g/mol. The number of amides is 1. The summed E-state index contributed by atoms with van der Waals surface area (Å²) in [6, 6.07) is 5.80. The number of nitrogens with zero attached hydrogens (tertiary/aromatic N) is 2. The van der Waals surface area contributed by atoms with Gasteiger partial charge in [0.15, 0.2) is 0 Å². The summed E-state index contributed by atoms with van der Waals surface area (Å²) in [6.45, 7) is 9.41. The third-order valence-corrected chi connectivity index (χ3v) is 8.20. The zero-order valence-corrected chi connectivity index (χ0v) is 20.0. The Kier molecular flexibility index (Phi) is 8.08. The van der Waals surface area contributed by atoms with Crippen molar-refractivity contribution in [1.29, 1.82) is 0 Å². The maximum atomic E-state index is 13.1. The van der Waals surface area contributed by atoms with Gasteiger partial charge in [-0.05, 0) is 44.0 Å². The van der Waals surface area contributed by atoms with Crippen LogP contribution in [0.4, 0.5) is 0 Å². The summed E-state index contributed by atoms with van der Waals surface area (Å²) in [5.74, 6) is -0.342. The van der Waals surface area contributed by atoms with E-state index in [4.69, 9.17) is 0 Å². The third-order valence-electron chi connectivity index (χ3n) is 6.15. The van der Waals surface area contributed by atoms with Gasteiger partial charge in [-0.25, -0.2) is 8.42 Å². The molecule has 8 nitrogen and oxygen atoms in total. The highest BCUT2D eigenvalue weighted by Gasteiger charge is 2.25. The van der Waals surface area contributed by atoms with Crippen molar-refractivity contribution in [2.45, 2.75) is 57.4 Å². The first-order chi connectivity index (χ1) is 15.3. The molecule has 1 aromatic heterocycles. The van der Waals surface area contributed by atoms with Crippen LogP contribution in [0.5, 0.6) is 0 Å². The quantitative estimate of drug-likeness (QED) is 0.596. The molecule has 1 fully saturated rings. The molecule has 2 heterocycles. The minimum absolute atomic E-state index is 0.0392. The van der Waals surface area contributed by atoms with E-state index in [1.54, 1.807) is 19.9 Å². The van der Waals surface area contributed by atoms with Crippen molar-refractivity contribution in [2.75, 3.05) is 32.7 Å². The van der Waals surface area contributed by atoms with E-state index in [0.717, 1.165) is 38.9 Å². The molecule has 1 aliphatic rings. The van der Waals surface area contributed by atoms with Gasteiger partial charge in [0, 0.05) is 49.2 Å². The van der Waals surface area contributed by atoms with Gasteiger partial charge in [-0.3, -0.25) is 9.59 Å². The van der Waals surface area contributed by atoms with E-state index in [2.05, 4.69) is 22.1 Å². The number of aromatic amines is 1. The minimum Gasteiger partial charge on any atom is -0.349 e. The Hall–Kier alpha value is -2.23. The fourth-order valence-corrected chi connectivity index (χ4v) is 5.72. The van der Waals surface area contributed by atoms with E-state index >= 15 is 0 Å². The molecule has 176 valence electrons. The average molecular weight is 463 g/mol. The van der Waals surface area contributed by atoms with Crippen molar-refractivity contribution in [1.82, 2.24) is 19.5 Å². The third kappa shape index (κ3) is 5.39. The van der Waals surface area contributed by atoms with Crippen molar-refractivity contribution in [3.8, 4) is 0 Å². The zero-order chi connectivity index (χ0) is 23.3. The lowest BCUT2D eigenvalue weighted by atomic mass is 10.0. The summed E-state index contributed by atoms with van der Waals surface area (Å²) in [5, 5.41) is 3.48. The molecule has 32 heavy (non-hydrogen) atoms. The molecule has 9 heteroatoms. The number of aromatic nitrogens is 1. The summed E-state index contributed by atoms with van der Waals surface area (Å²) in [7, 11) is -3.68. The normalized spacial score (nSPS) is 16.0. The summed E-state index contributed by atoms with van der Waals surface area (Å²) < 4.78 is 27.3.